The molecule has 0 unspecified atom stereocenters. The second-order valence-electron chi connectivity index (χ2n) is 3.98. The number of aromatic amines is 1. The highest BCUT2D eigenvalue weighted by molar-refractivity contribution is 7.08. The first-order valence-electron chi connectivity index (χ1n) is 5.63. The van der Waals surface area contributed by atoms with Gasteiger partial charge in [0, 0.05) is 0 Å². The average Bonchev–Trinajstić information content (AvgIpc) is 2.91. The molecule has 94 valence electrons. The third-order valence-corrected chi connectivity index (χ3v) is 3.67. The number of aromatic nitrogens is 2. The molecule has 0 atom stereocenters. The number of thiophene rings is 1. The van der Waals surface area contributed by atoms with Gasteiger partial charge in [-0.3, -0.25) is 4.79 Å². The highest BCUT2D eigenvalue weighted by atomic mass is 35.5. The molecule has 2 aromatic heterocycles. The maximum Gasteiger partial charge on any atom is 0.259 e. The Labute approximate surface area is 118 Å². The van der Waals surface area contributed by atoms with E-state index >= 15 is 0 Å². The molecular formula is C14H9ClN2OS. The first kappa shape index (κ1) is 12.1. The van der Waals surface area contributed by atoms with Crippen molar-refractivity contribution < 1.29 is 0 Å². The van der Waals surface area contributed by atoms with E-state index in [1.54, 1.807) is 29.5 Å². The van der Waals surface area contributed by atoms with Crippen molar-refractivity contribution in [3.63, 3.8) is 0 Å². The Morgan fingerprint density at radius 2 is 2.16 bits per heavy atom. The molecule has 3 rings (SSSR count). The summed E-state index contributed by atoms with van der Waals surface area (Å²) < 4.78 is 0. The SMILES string of the molecule is O=c1[nH]c(/C(Cl)=C/c2ccsc2)nc2ccccc12. The van der Waals surface area contributed by atoms with Crippen molar-refractivity contribution in [2.45, 2.75) is 0 Å². The van der Waals surface area contributed by atoms with Gasteiger partial charge in [0.2, 0.25) is 0 Å². The largest absolute Gasteiger partial charge is 0.305 e. The fraction of sp³-hybridized carbons (Fsp3) is 0. The third-order valence-electron chi connectivity index (χ3n) is 2.68. The normalized spacial score (nSPS) is 11.9. The molecule has 19 heavy (non-hydrogen) atoms. The van der Waals surface area contributed by atoms with Crippen molar-refractivity contribution >= 4 is 44.9 Å². The molecule has 2 heterocycles. The molecular weight excluding hydrogens is 280 g/mol. The van der Waals surface area contributed by atoms with Crippen LogP contribution < -0.4 is 5.56 Å². The molecule has 0 fully saturated rings. The standard InChI is InChI=1S/C14H9ClN2OS/c15-11(7-9-5-6-19-8-9)13-16-12-4-2-1-3-10(12)14(18)17-13/h1-8H,(H,16,17,18)/b11-7-. The molecule has 1 N–H and O–H groups in total. The second-order valence-corrected chi connectivity index (χ2v) is 5.17. The van der Waals surface area contributed by atoms with Gasteiger partial charge in [0.25, 0.3) is 5.56 Å². The van der Waals surface area contributed by atoms with Crippen LogP contribution >= 0.6 is 22.9 Å². The number of H-pyrrole nitrogens is 1. The summed E-state index contributed by atoms with van der Waals surface area (Å²) in [5.41, 5.74) is 1.45. The van der Waals surface area contributed by atoms with Gasteiger partial charge in [-0.05, 0) is 40.6 Å². The van der Waals surface area contributed by atoms with Crippen LogP contribution in [0, 0.1) is 0 Å². The lowest BCUT2D eigenvalue weighted by atomic mass is 10.2. The number of hydrogen-bond donors (Lipinski definition) is 1. The van der Waals surface area contributed by atoms with Gasteiger partial charge in [0.1, 0.15) is 0 Å². The van der Waals surface area contributed by atoms with Gasteiger partial charge in [-0.25, -0.2) is 4.98 Å². The van der Waals surface area contributed by atoms with Gasteiger partial charge in [-0.15, -0.1) is 0 Å². The number of nitrogens with one attached hydrogen (secondary N) is 1. The predicted octanol–water partition coefficient (Wildman–Crippen LogP) is 3.72. The zero-order valence-corrected chi connectivity index (χ0v) is 11.3. The zero-order chi connectivity index (χ0) is 13.2. The molecule has 0 aliphatic rings. The summed E-state index contributed by atoms with van der Waals surface area (Å²) in [7, 11) is 0. The Hall–Kier alpha value is -1.91. The Morgan fingerprint density at radius 3 is 2.95 bits per heavy atom. The molecule has 0 saturated carbocycles. The highest BCUT2D eigenvalue weighted by Gasteiger charge is 2.06. The molecule has 5 heteroatoms. The number of halogens is 1. The summed E-state index contributed by atoms with van der Waals surface area (Å²) in [4.78, 5) is 19.0. The highest BCUT2D eigenvalue weighted by Crippen LogP contribution is 2.20. The van der Waals surface area contributed by atoms with Crippen molar-refractivity contribution in [2.24, 2.45) is 0 Å². The minimum absolute atomic E-state index is 0.183. The zero-order valence-electron chi connectivity index (χ0n) is 9.76. The minimum Gasteiger partial charge on any atom is -0.305 e. The lowest BCUT2D eigenvalue weighted by molar-refractivity contribution is 1.14. The van der Waals surface area contributed by atoms with Crippen LogP contribution in [0.3, 0.4) is 0 Å². The smallest absolute Gasteiger partial charge is 0.259 e. The van der Waals surface area contributed by atoms with E-state index in [-0.39, 0.29) is 5.56 Å². The number of rotatable bonds is 2. The minimum atomic E-state index is -0.183. The molecule has 0 aliphatic carbocycles. The lowest BCUT2D eigenvalue weighted by Gasteiger charge is -2.01. The van der Waals surface area contributed by atoms with Crippen molar-refractivity contribution in [1.82, 2.24) is 9.97 Å². The monoisotopic (exact) mass is 288 g/mol. The Bertz CT molecular complexity index is 806. The number of hydrogen-bond acceptors (Lipinski definition) is 3. The van der Waals surface area contributed by atoms with Gasteiger partial charge >= 0.3 is 0 Å². The summed E-state index contributed by atoms with van der Waals surface area (Å²) >= 11 is 7.79. The Balaban J connectivity index is 2.13. The van der Waals surface area contributed by atoms with E-state index in [0.29, 0.717) is 21.8 Å². The summed E-state index contributed by atoms with van der Waals surface area (Å²) in [5, 5.41) is 4.92. The maximum atomic E-state index is 11.9. The fourth-order valence-electron chi connectivity index (χ4n) is 1.77. The number of fused-ring (bicyclic) bond motifs is 1. The molecule has 3 nitrogen and oxygen atoms in total. The topological polar surface area (TPSA) is 45.8 Å². The molecule has 0 bridgehead atoms. The summed E-state index contributed by atoms with van der Waals surface area (Å²) in [6.07, 6.45) is 1.78. The van der Waals surface area contributed by atoms with Crippen molar-refractivity contribution in [2.75, 3.05) is 0 Å². The summed E-state index contributed by atoms with van der Waals surface area (Å²) in [6, 6.07) is 9.13. The summed E-state index contributed by atoms with van der Waals surface area (Å²) in [6.45, 7) is 0. The van der Waals surface area contributed by atoms with Crippen LogP contribution in [-0.4, -0.2) is 9.97 Å². The number of para-hydroxylation sites is 1. The van der Waals surface area contributed by atoms with Gasteiger partial charge in [-0.1, -0.05) is 23.7 Å². The van der Waals surface area contributed by atoms with Gasteiger partial charge in [-0.2, -0.15) is 11.3 Å². The van der Waals surface area contributed by atoms with E-state index in [2.05, 4.69) is 9.97 Å². The van der Waals surface area contributed by atoms with Gasteiger partial charge in [0.15, 0.2) is 5.82 Å². The Kier molecular flexibility index (Phi) is 3.19. The average molecular weight is 289 g/mol. The molecule has 0 aliphatic heterocycles. The predicted molar refractivity (Wildman–Crippen MR) is 80.4 cm³/mol. The van der Waals surface area contributed by atoms with E-state index < -0.39 is 0 Å². The van der Waals surface area contributed by atoms with Gasteiger partial charge < -0.3 is 4.98 Å². The fourth-order valence-corrected chi connectivity index (χ4v) is 2.60. The van der Waals surface area contributed by atoms with E-state index in [0.717, 1.165) is 5.56 Å². The van der Waals surface area contributed by atoms with Crippen LogP contribution in [0.4, 0.5) is 0 Å². The lowest BCUT2D eigenvalue weighted by Crippen LogP contribution is -2.10. The first-order valence-corrected chi connectivity index (χ1v) is 6.95. The van der Waals surface area contributed by atoms with E-state index in [4.69, 9.17) is 11.6 Å². The molecule has 0 saturated heterocycles. The van der Waals surface area contributed by atoms with Crippen molar-refractivity contribution in [3.05, 3.63) is 62.8 Å². The molecule has 0 amide bonds. The van der Waals surface area contributed by atoms with Crippen LogP contribution in [0.5, 0.6) is 0 Å². The Morgan fingerprint density at radius 1 is 1.32 bits per heavy atom. The van der Waals surface area contributed by atoms with Crippen molar-refractivity contribution in [3.8, 4) is 0 Å². The van der Waals surface area contributed by atoms with Crippen LogP contribution in [0.15, 0.2) is 45.9 Å². The first-order chi connectivity index (χ1) is 9.24. The number of nitrogens with zero attached hydrogens (tertiary/aromatic N) is 1. The van der Waals surface area contributed by atoms with Crippen molar-refractivity contribution in [1.29, 1.82) is 0 Å². The van der Waals surface area contributed by atoms with Crippen LogP contribution in [0.1, 0.15) is 11.4 Å². The van der Waals surface area contributed by atoms with Crippen LogP contribution in [-0.2, 0) is 0 Å². The van der Waals surface area contributed by atoms with Gasteiger partial charge in [0.05, 0.1) is 15.9 Å². The molecule has 3 aromatic rings. The molecule has 1 aromatic carbocycles. The number of benzene rings is 1. The van der Waals surface area contributed by atoms with Crippen LogP contribution in [0.2, 0.25) is 0 Å². The third kappa shape index (κ3) is 2.45. The summed E-state index contributed by atoms with van der Waals surface area (Å²) in [5.74, 6) is 0.386. The maximum absolute atomic E-state index is 11.9. The van der Waals surface area contributed by atoms with E-state index in [1.165, 1.54) is 0 Å². The second kappa shape index (κ2) is 4.99. The van der Waals surface area contributed by atoms with E-state index in [9.17, 15) is 4.79 Å². The molecule has 0 spiro atoms. The molecule has 0 radical (unpaired) electrons. The van der Waals surface area contributed by atoms with E-state index in [1.807, 2.05) is 29.0 Å². The van der Waals surface area contributed by atoms with Crippen LogP contribution in [0.25, 0.3) is 22.0 Å². The quantitative estimate of drug-likeness (QED) is 0.781.